The van der Waals surface area contributed by atoms with E-state index in [1.807, 2.05) is 24.3 Å². The number of hydrogen-bond acceptors (Lipinski definition) is 3. The molecule has 1 aliphatic rings. The molecule has 1 heterocycles. The Labute approximate surface area is 120 Å². The quantitative estimate of drug-likeness (QED) is 0.880. The average Bonchev–Trinajstić information content (AvgIpc) is 2.38. The molecule has 1 fully saturated rings. The summed E-state index contributed by atoms with van der Waals surface area (Å²) in [5, 5.41) is 3.52. The van der Waals surface area contributed by atoms with Gasteiger partial charge in [0, 0.05) is 12.1 Å². The molecular formula is C16H24N2O2. The number of carbonyl (C=O) groups excluding carboxylic acids is 1. The lowest BCUT2D eigenvalue weighted by molar-refractivity contribution is -0.125. The van der Waals surface area contributed by atoms with Crippen LogP contribution in [0.1, 0.15) is 25.8 Å². The number of primary amides is 1. The number of nitrogens with one attached hydrogen (secondary N) is 1. The van der Waals surface area contributed by atoms with Crippen LogP contribution in [-0.2, 0) is 11.2 Å². The molecular weight excluding hydrogens is 252 g/mol. The third-order valence-corrected chi connectivity index (χ3v) is 4.23. The maximum Gasteiger partial charge on any atom is 0.222 e. The molecule has 1 saturated heterocycles. The van der Waals surface area contributed by atoms with Crippen molar-refractivity contribution in [1.29, 1.82) is 0 Å². The molecule has 1 aromatic rings. The van der Waals surface area contributed by atoms with E-state index in [2.05, 4.69) is 19.2 Å². The molecule has 0 radical (unpaired) electrons. The van der Waals surface area contributed by atoms with Crippen molar-refractivity contribution in [1.82, 2.24) is 5.32 Å². The third kappa shape index (κ3) is 3.12. The third-order valence-electron chi connectivity index (χ3n) is 4.23. The second-order valence-corrected chi connectivity index (χ2v) is 5.83. The molecule has 20 heavy (non-hydrogen) atoms. The summed E-state index contributed by atoms with van der Waals surface area (Å²) in [6.07, 6.45) is 1.74. The Balaban J connectivity index is 2.22. The van der Waals surface area contributed by atoms with Gasteiger partial charge < -0.3 is 15.8 Å². The van der Waals surface area contributed by atoms with E-state index in [1.165, 1.54) is 0 Å². The minimum Gasteiger partial charge on any atom is -0.496 e. The van der Waals surface area contributed by atoms with Gasteiger partial charge >= 0.3 is 0 Å². The van der Waals surface area contributed by atoms with Gasteiger partial charge in [-0.25, -0.2) is 0 Å². The lowest BCUT2D eigenvalue weighted by Crippen LogP contribution is -2.55. The Kier molecular flexibility index (Phi) is 4.65. The van der Waals surface area contributed by atoms with Gasteiger partial charge in [0.1, 0.15) is 5.75 Å². The first-order valence-corrected chi connectivity index (χ1v) is 7.20. The lowest BCUT2D eigenvalue weighted by Gasteiger charge is -2.39. The zero-order valence-electron chi connectivity index (χ0n) is 12.4. The number of amides is 1. The standard InChI is InChI=1S/C16H24N2O2/c1-10-8-11(2)18-13(15(10)16(17)19)9-12-6-4-5-7-14(12)20-3/h4-7,10-11,13,15,18H,8-9H2,1-3H3,(H2,17,19). The van der Waals surface area contributed by atoms with Gasteiger partial charge in [-0.3, -0.25) is 4.79 Å². The first-order chi connectivity index (χ1) is 9.52. The fraction of sp³-hybridized carbons (Fsp3) is 0.562. The van der Waals surface area contributed by atoms with E-state index in [4.69, 9.17) is 10.5 Å². The van der Waals surface area contributed by atoms with Crippen LogP contribution in [0.25, 0.3) is 0 Å². The Morgan fingerprint density at radius 2 is 2.10 bits per heavy atom. The van der Waals surface area contributed by atoms with Crippen molar-refractivity contribution < 1.29 is 9.53 Å². The zero-order chi connectivity index (χ0) is 14.7. The van der Waals surface area contributed by atoms with E-state index < -0.39 is 0 Å². The van der Waals surface area contributed by atoms with E-state index in [1.54, 1.807) is 7.11 Å². The van der Waals surface area contributed by atoms with Crippen LogP contribution in [0.2, 0.25) is 0 Å². The molecule has 0 bridgehead atoms. The number of carbonyl (C=O) groups is 1. The molecule has 1 aliphatic heterocycles. The molecule has 1 aromatic carbocycles. The van der Waals surface area contributed by atoms with Gasteiger partial charge in [-0.05, 0) is 37.3 Å². The summed E-state index contributed by atoms with van der Waals surface area (Å²) in [5.74, 6) is 0.833. The van der Waals surface area contributed by atoms with Crippen molar-refractivity contribution in [3.63, 3.8) is 0 Å². The highest BCUT2D eigenvalue weighted by Gasteiger charge is 2.37. The first kappa shape index (κ1) is 14.9. The molecule has 4 unspecified atom stereocenters. The van der Waals surface area contributed by atoms with Crippen molar-refractivity contribution in [2.75, 3.05) is 7.11 Å². The Morgan fingerprint density at radius 1 is 1.40 bits per heavy atom. The first-order valence-electron chi connectivity index (χ1n) is 7.20. The van der Waals surface area contributed by atoms with Crippen molar-refractivity contribution in [2.45, 2.75) is 38.8 Å². The number of nitrogens with two attached hydrogens (primary N) is 1. The van der Waals surface area contributed by atoms with E-state index in [9.17, 15) is 4.79 Å². The number of ether oxygens (including phenoxy) is 1. The summed E-state index contributed by atoms with van der Waals surface area (Å²) in [7, 11) is 1.67. The summed E-state index contributed by atoms with van der Waals surface area (Å²) in [6.45, 7) is 4.27. The second-order valence-electron chi connectivity index (χ2n) is 5.83. The van der Waals surface area contributed by atoms with Gasteiger partial charge in [-0.15, -0.1) is 0 Å². The maximum absolute atomic E-state index is 11.8. The topological polar surface area (TPSA) is 64.3 Å². The molecule has 0 aromatic heterocycles. The average molecular weight is 276 g/mol. The summed E-state index contributed by atoms with van der Waals surface area (Å²) >= 11 is 0. The normalized spacial score (nSPS) is 29.9. The Bertz CT molecular complexity index is 475. The molecule has 110 valence electrons. The van der Waals surface area contributed by atoms with Crippen LogP contribution in [0.4, 0.5) is 0 Å². The van der Waals surface area contributed by atoms with Crippen LogP contribution in [-0.4, -0.2) is 25.1 Å². The van der Waals surface area contributed by atoms with E-state index in [0.29, 0.717) is 12.0 Å². The number of piperidine rings is 1. The van der Waals surface area contributed by atoms with Crippen molar-refractivity contribution in [2.24, 2.45) is 17.6 Å². The zero-order valence-corrected chi connectivity index (χ0v) is 12.4. The van der Waals surface area contributed by atoms with Gasteiger partial charge in [-0.2, -0.15) is 0 Å². The molecule has 1 amide bonds. The van der Waals surface area contributed by atoms with Gasteiger partial charge in [-0.1, -0.05) is 25.1 Å². The molecule has 3 N–H and O–H groups in total. The molecule has 4 heteroatoms. The van der Waals surface area contributed by atoms with Crippen molar-refractivity contribution in [3.05, 3.63) is 29.8 Å². The summed E-state index contributed by atoms with van der Waals surface area (Å²) in [6, 6.07) is 8.41. The fourth-order valence-corrected chi connectivity index (χ4v) is 3.41. The predicted molar refractivity (Wildman–Crippen MR) is 79.5 cm³/mol. The minimum atomic E-state index is -0.211. The number of hydrogen-bond donors (Lipinski definition) is 2. The largest absolute Gasteiger partial charge is 0.496 e. The maximum atomic E-state index is 11.8. The van der Waals surface area contributed by atoms with Crippen LogP contribution in [0.3, 0.4) is 0 Å². The van der Waals surface area contributed by atoms with Crippen LogP contribution >= 0.6 is 0 Å². The Hall–Kier alpha value is -1.55. The van der Waals surface area contributed by atoms with Crippen LogP contribution in [0.5, 0.6) is 5.75 Å². The molecule has 4 nitrogen and oxygen atoms in total. The number of para-hydroxylation sites is 1. The van der Waals surface area contributed by atoms with Gasteiger partial charge in [0.15, 0.2) is 0 Å². The second kappa shape index (κ2) is 6.27. The summed E-state index contributed by atoms with van der Waals surface area (Å²) in [5.41, 5.74) is 6.72. The minimum absolute atomic E-state index is 0.0718. The highest BCUT2D eigenvalue weighted by atomic mass is 16.5. The van der Waals surface area contributed by atoms with Gasteiger partial charge in [0.05, 0.1) is 13.0 Å². The molecule has 2 rings (SSSR count). The van der Waals surface area contributed by atoms with Gasteiger partial charge in [0.25, 0.3) is 0 Å². The molecule has 0 spiro atoms. The number of rotatable bonds is 4. The smallest absolute Gasteiger partial charge is 0.222 e. The lowest BCUT2D eigenvalue weighted by atomic mass is 9.77. The van der Waals surface area contributed by atoms with Crippen molar-refractivity contribution >= 4 is 5.91 Å². The fourth-order valence-electron chi connectivity index (χ4n) is 3.41. The number of methoxy groups -OCH3 is 1. The van der Waals surface area contributed by atoms with Crippen molar-refractivity contribution in [3.8, 4) is 5.75 Å². The summed E-state index contributed by atoms with van der Waals surface area (Å²) < 4.78 is 5.39. The SMILES string of the molecule is COc1ccccc1CC1NC(C)CC(C)C1C(N)=O. The van der Waals surface area contributed by atoms with E-state index in [0.717, 1.165) is 24.2 Å². The van der Waals surface area contributed by atoms with Gasteiger partial charge in [0.2, 0.25) is 5.91 Å². The molecule has 4 atom stereocenters. The molecule has 0 saturated carbocycles. The van der Waals surface area contributed by atoms with E-state index >= 15 is 0 Å². The van der Waals surface area contributed by atoms with E-state index in [-0.39, 0.29) is 17.9 Å². The summed E-state index contributed by atoms with van der Waals surface area (Å²) in [4.78, 5) is 11.8. The highest BCUT2D eigenvalue weighted by molar-refractivity contribution is 5.78. The van der Waals surface area contributed by atoms with Crippen LogP contribution in [0.15, 0.2) is 24.3 Å². The monoisotopic (exact) mass is 276 g/mol. The predicted octanol–water partition coefficient (Wildman–Crippen LogP) is 1.73. The molecule has 0 aliphatic carbocycles. The number of benzene rings is 1. The highest BCUT2D eigenvalue weighted by Crippen LogP contribution is 2.30. The van der Waals surface area contributed by atoms with Crippen LogP contribution < -0.4 is 15.8 Å². The Morgan fingerprint density at radius 3 is 2.75 bits per heavy atom. The van der Waals surface area contributed by atoms with Crippen LogP contribution in [0, 0.1) is 11.8 Å².